The zero-order chi connectivity index (χ0) is 31.7. The monoisotopic (exact) mass is 616 g/mol. The van der Waals surface area contributed by atoms with Gasteiger partial charge in [-0.3, -0.25) is 0 Å². The fraction of sp³-hybridized carbons (Fsp3) is 0.421. The fourth-order valence-corrected chi connectivity index (χ4v) is 5.08. The summed E-state index contributed by atoms with van der Waals surface area (Å²) in [5.41, 5.74) is 1.65. The molecule has 2 aromatic carbocycles. The van der Waals surface area contributed by atoms with Gasteiger partial charge in [-0.2, -0.15) is 0 Å². The molecule has 45 heavy (non-hydrogen) atoms. The Balaban J connectivity index is 1.27. The molecule has 0 fully saturated rings. The summed E-state index contributed by atoms with van der Waals surface area (Å²) in [5, 5.41) is 0. The first-order valence-corrected chi connectivity index (χ1v) is 16.5. The van der Waals surface area contributed by atoms with Gasteiger partial charge in [0.1, 0.15) is 34.4 Å². The van der Waals surface area contributed by atoms with Gasteiger partial charge in [-0.15, -0.1) is 0 Å². The van der Waals surface area contributed by atoms with Crippen molar-refractivity contribution in [3.8, 4) is 45.5 Å². The second-order valence-corrected chi connectivity index (χ2v) is 11.4. The molecule has 4 rings (SSSR count). The Labute approximate surface area is 267 Å². The lowest BCUT2D eigenvalue weighted by atomic mass is 10.1. The van der Waals surface area contributed by atoms with Crippen LogP contribution in [-0.2, 0) is 0 Å². The molecule has 7 heteroatoms. The van der Waals surface area contributed by atoms with Crippen molar-refractivity contribution < 1.29 is 23.0 Å². The number of hydrogen-bond donors (Lipinski definition) is 0. The maximum atomic E-state index is 15.0. The molecule has 0 aliphatic heterocycles. The number of rotatable bonds is 20. The van der Waals surface area contributed by atoms with Crippen molar-refractivity contribution in [2.45, 2.75) is 90.9 Å². The maximum absolute atomic E-state index is 15.0. The van der Waals surface area contributed by atoms with Crippen LogP contribution in [0.2, 0.25) is 0 Å². The van der Waals surface area contributed by atoms with E-state index in [1.807, 2.05) is 24.3 Å². The summed E-state index contributed by atoms with van der Waals surface area (Å²) < 4.78 is 47.3. The van der Waals surface area contributed by atoms with E-state index in [2.05, 4.69) is 23.8 Å². The van der Waals surface area contributed by atoms with Crippen molar-refractivity contribution in [3.63, 3.8) is 0 Å². The summed E-state index contributed by atoms with van der Waals surface area (Å²) in [5.74, 6) is 0.706. The van der Waals surface area contributed by atoms with E-state index in [0.29, 0.717) is 24.3 Å². The molecule has 0 saturated carbocycles. The van der Waals surface area contributed by atoms with Crippen molar-refractivity contribution in [2.24, 2.45) is 0 Å². The number of aromatic nitrogens is 2. The Morgan fingerprint density at radius 1 is 0.489 bits per heavy atom. The number of hydrogen-bond acceptors (Lipinski definition) is 5. The Hall–Kier alpha value is -4.00. The van der Waals surface area contributed by atoms with E-state index < -0.39 is 11.6 Å². The third-order valence-electron chi connectivity index (χ3n) is 7.66. The molecule has 0 saturated heterocycles. The lowest BCUT2D eigenvalue weighted by Crippen LogP contribution is -1.98. The van der Waals surface area contributed by atoms with Gasteiger partial charge in [-0.25, -0.2) is 18.7 Å². The Kier molecular flexibility index (Phi) is 14.1. The number of pyridine rings is 2. The van der Waals surface area contributed by atoms with E-state index in [-0.39, 0.29) is 22.9 Å². The van der Waals surface area contributed by atoms with E-state index in [1.165, 1.54) is 75.9 Å². The van der Waals surface area contributed by atoms with Gasteiger partial charge < -0.3 is 14.2 Å². The average Bonchev–Trinajstić information content (AvgIpc) is 3.05. The first-order chi connectivity index (χ1) is 22.1. The summed E-state index contributed by atoms with van der Waals surface area (Å²) in [7, 11) is 0. The van der Waals surface area contributed by atoms with Crippen LogP contribution in [0.5, 0.6) is 23.0 Å². The Morgan fingerprint density at radius 3 is 1.24 bits per heavy atom. The molecule has 0 amide bonds. The normalized spacial score (nSPS) is 11.0. The standard InChI is InChI=1S/C38H46F2N2O3/c1-3-5-7-9-11-13-23-43-31-19-15-29(16-20-31)37-35(39)25-33(27-41-37)45-34-26-36(40)38(42-28-34)30-17-21-32(22-18-30)44-24-14-12-10-8-6-4-2/h15-22,25-28H,3-14,23-24H2,1-2H3. The first kappa shape index (κ1) is 33.9. The van der Waals surface area contributed by atoms with Crippen LogP contribution >= 0.6 is 0 Å². The zero-order valence-electron chi connectivity index (χ0n) is 26.7. The van der Waals surface area contributed by atoms with Crippen molar-refractivity contribution in [1.82, 2.24) is 9.97 Å². The summed E-state index contributed by atoms with van der Waals surface area (Å²) in [6, 6.07) is 16.9. The van der Waals surface area contributed by atoms with Gasteiger partial charge in [0.25, 0.3) is 0 Å². The highest BCUT2D eigenvalue weighted by Crippen LogP contribution is 2.30. The van der Waals surface area contributed by atoms with Gasteiger partial charge in [-0.1, -0.05) is 78.1 Å². The van der Waals surface area contributed by atoms with Crippen molar-refractivity contribution in [3.05, 3.63) is 84.7 Å². The van der Waals surface area contributed by atoms with Crippen LogP contribution in [0.25, 0.3) is 22.5 Å². The van der Waals surface area contributed by atoms with Crippen molar-refractivity contribution in [1.29, 1.82) is 0 Å². The number of halogens is 2. The minimum absolute atomic E-state index is 0.149. The van der Waals surface area contributed by atoms with Gasteiger partial charge >= 0.3 is 0 Å². The number of ether oxygens (including phenoxy) is 3. The summed E-state index contributed by atoms with van der Waals surface area (Å²) in [6.07, 6.45) is 17.3. The van der Waals surface area contributed by atoms with E-state index >= 15 is 0 Å². The van der Waals surface area contributed by atoms with E-state index in [0.717, 1.165) is 37.2 Å². The molecule has 0 bridgehead atoms. The van der Waals surface area contributed by atoms with Crippen LogP contribution in [0.3, 0.4) is 0 Å². The van der Waals surface area contributed by atoms with Gasteiger partial charge in [-0.05, 0) is 61.4 Å². The van der Waals surface area contributed by atoms with Crippen LogP contribution in [-0.4, -0.2) is 23.2 Å². The molecule has 0 unspecified atom stereocenters. The van der Waals surface area contributed by atoms with E-state index in [9.17, 15) is 8.78 Å². The SMILES string of the molecule is CCCCCCCCOc1ccc(-c2ncc(Oc3cnc(-c4ccc(OCCCCCCCC)cc4)c(F)c3)cc2F)cc1. The van der Waals surface area contributed by atoms with Crippen LogP contribution in [0, 0.1) is 11.6 Å². The lowest BCUT2D eigenvalue weighted by molar-refractivity contribution is 0.304. The number of nitrogens with zero attached hydrogens (tertiary/aromatic N) is 2. The quantitative estimate of drug-likeness (QED) is 0.0925. The molecule has 2 aromatic heterocycles. The van der Waals surface area contributed by atoms with Gasteiger partial charge in [0.05, 0.1) is 25.6 Å². The smallest absolute Gasteiger partial charge is 0.153 e. The third kappa shape index (κ3) is 11.1. The molecule has 0 radical (unpaired) electrons. The van der Waals surface area contributed by atoms with Crippen molar-refractivity contribution in [2.75, 3.05) is 13.2 Å². The second-order valence-electron chi connectivity index (χ2n) is 11.4. The van der Waals surface area contributed by atoms with Gasteiger partial charge in [0.15, 0.2) is 11.6 Å². The Bertz CT molecular complexity index is 1320. The predicted octanol–water partition coefficient (Wildman–Crippen LogP) is 11.4. The average molecular weight is 617 g/mol. The third-order valence-corrected chi connectivity index (χ3v) is 7.66. The highest BCUT2D eigenvalue weighted by Gasteiger charge is 2.13. The van der Waals surface area contributed by atoms with E-state index in [4.69, 9.17) is 14.2 Å². The molecular formula is C38H46F2N2O3. The van der Waals surface area contributed by atoms with Crippen LogP contribution in [0.4, 0.5) is 8.78 Å². The highest BCUT2D eigenvalue weighted by atomic mass is 19.1. The Morgan fingerprint density at radius 2 is 0.867 bits per heavy atom. The molecule has 2 heterocycles. The predicted molar refractivity (Wildman–Crippen MR) is 177 cm³/mol. The minimum atomic E-state index is -0.544. The maximum Gasteiger partial charge on any atom is 0.153 e. The number of benzene rings is 2. The molecule has 0 N–H and O–H groups in total. The highest BCUT2D eigenvalue weighted by molar-refractivity contribution is 5.62. The zero-order valence-corrected chi connectivity index (χ0v) is 26.7. The summed E-state index contributed by atoms with van der Waals surface area (Å²) >= 11 is 0. The second kappa shape index (κ2) is 18.7. The van der Waals surface area contributed by atoms with Crippen LogP contribution in [0.1, 0.15) is 90.9 Å². The van der Waals surface area contributed by atoms with E-state index in [1.54, 1.807) is 24.3 Å². The molecule has 0 aliphatic carbocycles. The summed E-state index contributed by atoms with van der Waals surface area (Å²) in [4.78, 5) is 8.51. The van der Waals surface area contributed by atoms with Gasteiger partial charge in [0.2, 0.25) is 0 Å². The minimum Gasteiger partial charge on any atom is -0.494 e. The molecule has 0 atom stereocenters. The molecule has 5 nitrogen and oxygen atoms in total. The topological polar surface area (TPSA) is 53.5 Å². The van der Waals surface area contributed by atoms with Crippen LogP contribution in [0.15, 0.2) is 73.1 Å². The first-order valence-electron chi connectivity index (χ1n) is 16.5. The number of unbranched alkanes of at least 4 members (excludes halogenated alkanes) is 10. The van der Waals surface area contributed by atoms with Crippen molar-refractivity contribution >= 4 is 0 Å². The molecule has 240 valence electrons. The molecule has 0 spiro atoms. The van der Waals surface area contributed by atoms with Crippen LogP contribution < -0.4 is 14.2 Å². The fourth-order valence-electron chi connectivity index (χ4n) is 5.08. The summed E-state index contributed by atoms with van der Waals surface area (Å²) in [6.45, 7) is 5.76. The molecule has 0 aliphatic rings. The lowest BCUT2D eigenvalue weighted by Gasteiger charge is -2.10. The van der Waals surface area contributed by atoms with Gasteiger partial charge in [0, 0.05) is 23.3 Å². The molecule has 4 aromatic rings. The molecular weight excluding hydrogens is 570 g/mol. The largest absolute Gasteiger partial charge is 0.494 e.